The predicted octanol–water partition coefficient (Wildman–Crippen LogP) is 3.96. The molecule has 0 aliphatic rings. The van der Waals surface area contributed by atoms with Gasteiger partial charge < -0.3 is 0 Å². The molecule has 1 atom stereocenters. The topological polar surface area (TPSA) is 46.2 Å². The zero-order valence-corrected chi connectivity index (χ0v) is 14.6. The largest absolute Gasteiger partial charge is 0.241 e. The summed E-state index contributed by atoms with van der Waals surface area (Å²) < 4.78 is 28.1. The van der Waals surface area contributed by atoms with Crippen LogP contribution in [0.15, 0.2) is 41.3 Å². The number of rotatable bonds is 4. The standard InChI is InChI=1S/C18H23NO2S/c1-12-7-9-17(15(4)10-12)16(5)19-22(20,21)18-11-13(2)6-8-14(18)3/h6-11,16,19H,1-5H3. The van der Waals surface area contributed by atoms with Crippen molar-refractivity contribution in [2.45, 2.75) is 45.6 Å². The molecule has 0 amide bonds. The molecule has 0 aliphatic carbocycles. The monoisotopic (exact) mass is 317 g/mol. The van der Waals surface area contributed by atoms with E-state index in [0.29, 0.717) is 4.90 Å². The van der Waals surface area contributed by atoms with E-state index in [-0.39, 0.29) is 6.04 Å². The van der Waals surface area contributed by atoms with E-state index < -0.39 is 10.0 Å². The first kappa shape index (κ1) is 16.7. The number of nitrogens with one attached hydrogen (secondary N) is 1. The lowest BCUT2D eigenvalue weighted by atomic mass is 10.0. The molecule has 1 N–H and O–H groups in total. The van der Waals surface area contributed by atoms with E-state index in [1.54, 1.807) is 6.07 Å². The first-order valence-corrected chi connectivity index (χ1v) is 8.86. The van der Waals surface area contributed by atoms with E-state index in [4.69, 9.17) is 0 Å². The van der Waals surface area contributed by atoms with Crippen LogP contribution in [0.4, 0.5) is 0 Å². The highest BCUT2D eigenvalue weighted by Gasteiger charge is 2.21. The third kappa shape index (κ3) is 3.57. The number of hydrogen-bond donors (Lipinski definition) is 1. The van der Waals surface area contributed by atoms with E-state index in [1.165, 1.54) is 5.56 Å². The van der Waals surface area contributed by atoms with Gasteiger partial charge in [0.25, 0.3) is 0 Å². The van der Waals surface area contributed by atoms with Crippen LogP contribution in [-0.4, -0.2) is 8.42 Å². The summed E-state index contributed by atoms with van der Waals surface area (Å²) in [6, 6.07) is 11.3. The maximum atomic E-state index is 12.7. The minimum absolute atomic E-state index is 0.273. The predicted molar refractivity (Wildman–Crippen MR) is 90.6 cm³/mol. The van der Waals surface area contributed by atoms with E-state index in [2.05, 4.69) is 10.8 Å². The van der Waals surface area contributed by atoms with Crippen LogP contribution in [0.1, 0.15) is 40.8 Å². The molecular weight excluding hydrogens is 294 g/mol. The lowest BCUT2D eigenvalue weighted by Crippen LogP contribution is -2.28. The van der Waals surface area contributed by atoms with Gasteiger partial charge in [-0.15, -0.1) is 0 Å². The molecule has 0 radical (unpaired) electrons. The van der Waals surface area contributed by atoms with Crippen LogP contribution in [0, 0.1) is 27.7 Å². The molecule has 0 fully saturated rings. The van der Waals surface area contributed by atoms with Crippen LogP contribution in [0.25, 0.3) is 0 Å². The summed E-state index contributed by atoms with van der Waals surface area (Å²) in [5.41, 5.74) is 4.96. The third-order valence-electron chi connectivity index (χ3n) is 3.86. The van der Waals surface area contributed by atoms with Gasteiger partial charge in [0.05, 0.1) is 4.90 Å². The Morgan fingerprint density at radius 3 is 2.09 bits per heavy atom. The lowest BCUT2D eigenvalue weighted by Gasteiger charge is -2.18. The molecule has 0 aromatic heterocycles. The Balaban J connectivity index is 2.34. The summed E-state index contributed by atoms with van der Waals surface area (Å²) >= 11 is 0. The van der Waals surface area contributed by atoms with Crippen molar-refractivity contribution in [1.82, 2.24) is 4.72 Å². The molecule has 0 bridgehead atoms. The second-order valence-corrected chi connectivity index (χ2v) is 7.65. The zero-order valence-electron chi connectivity index (χ0n) is 13.8. The van der Waals surface area contributed by atoms with E-state index in [1.807, 2.05) is 58.9 Å². The van der Waals surface area contributed by atoms with Crippen molar-refractivity contribution in [2.75, 3.05) is 0 Å². The highest BCUT2D eigenvalue weighted by Crippen LogP contribution is 2.23. The van der Waals surface area contributed by atoms with Gasteiger partial charge in [0.2, 0.25) is 10.0 Å². The van der Waals surface area contributed by atoms with Gasteiger partial charge in [-0.1, -0.05) is 35.9 Å². The van der Waals surface area contributed by atoms with Crippen LogP contribution >= 0.6 is 0 Å². The highest BCUT2D eigenvalue weighted by molar-refractivity contribution is 7.89. The molecule has 2 aromatic carbocycles. The van der Waals surface area contributed by atoms with Crippen LogP contribution in [0.3, 0.4) is 0 Å². The van der Waals surface area contributed by atoms with Crippen molar-refractivity contribution in [3.8, 4) is 0 Å². The molecular formula is C18H23NO2S. The fourth-order valence-electron chi connectivity index (χ4n) is 2.67. The molecule has 0 heterocycles. The number of benzene rings is 2. The SMILES string of the molecule is Cc1ccc(C(C)NS(=O)(=O)c2cc(C)ccc2C)c(C)c1. The summed E-state index contributed by atoms with van der Waals surface area (Å²) in [7, 11) is -3.54. The molecule has 4 heteroatoms. The summed E-state index contributed by atoms with van der Waals surface area (Å²) in [5.74, 6) is 0. The van der Waals surface area contributed by atoms with Crippen LogP contribution in [0.5, 0.6) is 0 Å². The van der Waals surface area contributed by atoms with Crippen molar-refractivity contribution in [3.63, 3.8) is 0 Å². The van der Waals surface area contributed by atoms with E-state index >= 15 is 0 Å². The lowest BCUT2D eigenvalue weighted by molar-refractivity contribution is 0.565. The Labute approximate surface area is 133 Å². The minimum atomic E-state index is -3.54. The summed E-state index contributed by atoms with van der Waals surface area (Å²) in [4.78, 5) is 0.351. The molecule has 0 saturated carbocycles. The van der Waals surface area contributed by atoms with E-state index in [9.17, 15) is 8.42 Å². The van der Waals surface area contributed by atoms with Crippen molar-refractivity contribution in [1.29, 1.82) is 0 Å². The molecule has 3 nitrogen and oxygen atoms in total. The summed E-state index contributed by atoms with van der Waals surface area (Å²) in [6.07, 6.45) is 0. The molecule has 0 spiro atoms. The maximum absolute atomic E-state index is 12.7. The Morgan fingerprint density at radius 2 is 1.45 bits per heavy atom. The Kier molecular flexibility index (Phi) is 4.73. The van der Waals surface area contributed by atoms with E-state index in [0.717, 1.165) is 22.3 Å². The quantitative estimate of drug-likeness (QED) is 0.928. The van der Waals surface area contributed by atoms with Crippen molar-refractivity contribution < 1.29 is 8.42 Å². The fourth-order valence-corrected chi connectivity index (χ4v) is 4.22. The Bertz CT molecular complexity index is 795. The van der Waals surface area contributed by atoms with Gasteiger partial charge in [-0.25, -0.2) is 13.1 Å². The third-order valence-corrected chi connectivity index (χ3v) is 5.54. The summed E-state index contributed by atoms with van der Waals surface area (Å²) in [5, 5.41) is 0. The Morgan fingerprint density at radius 1 is 0.864 bits per heavy atom. The number of sulfonamides is 1. The first-order valence-electron chi connectivity index (χ1n) is 7.37. The zero-order chi connectivity index (χ0) is 16.5. The first-order chi connectivity index (χ1) is 10.2. The molecule has 0 aliphatic heterocycles. The van der Waals surface area contributed by atoms with Crippen molar-refractivity contribution >= 4 is 10.0 Å². The maximum Gasteiger partial charge on any atom is 0.241 e. The smallest absolute Gasteiger partial charge is 0.207 e. The van der Waals surface area contributed by atoms with Gasteiger partial charge in [0.1, 0.15) is 0 Å². The second-order valence-electron chi connectivity index (χ2n) is 5.97. The molecule has 1 unspecified atom stereocenters. The normalized spacial score (nSPS) is 13.1. The van der Waals surface area contributed by atoms with Gasteiger partial charge >= 0.3 is 0 Å². The summed E-state index contributed by atoms with van der Waals surface area (Å²) in [6.45, 7) is 9.62. The van der Waals surface area contributed by atoms with Crippen LogP contribution < -0.4 is 4.72 Å². The number of aryl methyl sites for hydroxylation is 4. The average Bonchev–Trinajstić information content (AvgIpc) is 2.40. The van der Waals surface area contributed by atoms with Gasteiger partial charge in [-0.3, -0.25) is 0 Å². The fraction of sp³-hybridized carbons (Fsp3) is 0.333. The molecule has 2 aromatic rings. The number of hydrogen-bond acceptors (Lipinski definition) is 2. The molecule has 22 heavy (non-hydrogen) atoms. The average molecular weight is 317 g/mol. The van der Waals surface area contributed by atoms with Crippen molar-refractivity contribution in [2.24, 2.45) is 0 Å². The Hall–Kier alpha value is -1.65. The minimum Gasteiger partial charge on any atom is -0.207 e. The van der Waals surface area contributed by atoms with Crippen molar-refractivity contribution in [3.05, 3.63) is 64.2 Å². The van der Waals surface area contributed by atoms with Gasteiger partial charge in [-0.05, 0) is 62.9 Å². The highest BCUT2D eigenvalue weighted by atomic mass is 32.2. The molecule has 0 saturated heterocycles. The molecule has 2 rings (SSSR count). The van der Waals surface area contributed by atoms with Gasteiger partial charge in [-0.2, -0.15) is 0 Å². The van der Waals surface area contributed by atoms with Gasteiger partial charge in [0.15, 0.2) is 0 Å². The van der Waals surface area contributed by atoms with Crippen LogP contribution in [-0.2, 0) is 10.0 Å². The second kappa shape index (κ2) is 6.23. The van der Waals surface area contributed by atoms with Crippen LogP contribution in [0.2, 0.25) is 0 Å². The van der Waals surface area contributed by atoms with Gasteiger partial charge in [0, 0.05) is 6.04 Å². The molecule has 118 valence electrons.